The fraction of sp³-hybridized carbons (Fsp3) is 0. The number of rotatable bonds is 4. The van der Waals surface area contributed by atoms with Crippen LogP contribution in [0.25, 0.3) is 0 Å². The van der Waals surface area contributed by atoms with Crippen LogP contribution in [0.1, 0.15) is 15.9 Å². The molecule has 3 aromatic rings. The van der Waals surface area contributed by atoms with Gasteiger partial charge in [-0.2, -0.15) is 5.26 Å². The number of benzene rings is 2. The molecule has 5 nitrogen and oxygen atoms in total. The average molecular weight is 393 g/mol. The Kier molecular flexibility index (Phi) is 5.07. The molecular weight excluding hydrogens is 380 g/mol. The van der Waals surface area contributed by atoms with E-state index < -0.39 is 0 Å². The minimum Gasteiger partial charge on any atom is -0.354 e. The molecule has 0 aliphatic rings. The van der Waals surface area contributed by atoms with E-state index in [2.05, 4.69) is 37.6 Å². The van der Waals surface area contributed by atoms with Crippen LogP contribution in [0.5, 0.6) is 0 Å². The topological polar surface area (TPSA) is 77.8 Å². The number of nitriles is 1. The molecule has 3 rings (SSSR count). The van der Waals surface area contributed by atoms with Crippen LogP contribution in [-0.2, 0) is 0 Å². The van der Waals surface area contributed by atoms with Gasteiger partial charge in [0.05, 0.1) is 28.7 Å². The smallest absolute Gasteiger partial charge is 0.257 e. The third-order valence-corrected chi connectivity index (χ3v) is 3.90. The predicted molar refractivity (Wildman–Crippen MR) is 101 cm³/mol. The third kappa shape index (κ3) is 4.22. The Morgan fingerprint density at radius 3 is 2.68 bits per heavy atom. The van der Waals surface area contributed by atoms with Crippen LogP contribution in [-0.4, -0.2) is 10.9 Å². The van der Waals surface area contributed by atoms with Gasteiger partial charge in [0.1, 0.15) is 6.07 Å². The highest BCUT2D eigenvalue weighted by Crippen LogP contribution is 2.21. The van der Waals surface area contributed by atoms with Gasteiger partial charge in [0.2, 0.25) is 0 Å². The maximum Gasteiger partial charge on any atom is 0.257 e. The average Bonchev–Trinajstić information content (AvgIpc) is 2.62. The lowest BCUT2D eigenvalue weighted by Gasteiger charge is -2.09. The number of pyridine rings is 1. The Hall–Kier alpha value is -3.17. The number of nitrogens with zero attached hydrogens (tertiary/aromatic N) is 2. The van der Waals surface area contributed by atoms with E-state index in [9.17, 15) is 4.79 Å². The zero-order valence-corrected chi connectivity index (χ0v) is 14.6. The predicted octanol–water partition coefficient (Wildman–Crippen LogP) is 4.71. The van der Waals surface area contributed by atoms with Gasteiger partial charge >= 0.3 is 0 Å². The monoisotopic (exact) mass is 392 g/mol. The van der Waals surface area contributed by atoms with Gasteiger partial charge in [-0.15, -0.1) is 0 Å². The van der Waals surface area contributed by atoms with Crippen molar-refractivity contribution in [2.45, 2.75) is 0 Å². The molecule has 0 saturated carbocycles. The lowest BCUT2D eigenvalue weighted by molar-refractivity contribution is 0.102. The summed E-state index contributed by atoms with van der Waals surface area (Å²) in [4.78, 5) is 16.6. The molecule has 2 aromatic carbocycles. The Balaban J connectivity index is 1.79. The van der Waals surface area contributed by atoms with E-state index in [1.54, 1.807) is 36.5 Å². The van der Waals surface area contributed by atoms with Crippen LogP contribution in [0.3, 0.4) is 0 Å². The van der Waals surface area contributed by atoms with Gasteiger partial charge in [0, 0.05) is 16.4 Å². The second-order valence-corrected chi connectivity index (χ2v) is 6.12. The number of amides is 1. The molecule has 6 heteroatoms. The molecule has 1 heterocycles. The maximum atomic E-state index is 12.4. The third-order valence-electron chi connectivity index (χ3n) is 3.41. The highest BCUT2D eigenvalue weighted by Gasteiger charge is 2.10. The van der Waals surface area contributed by atoms with Gasteiger partial charge in [-0.25, -0.2) is 0 Å². The van der Waals surface area contributed by atoms with E-state index in [1.165, 1.54) is 6.20 Å². The second-order valence-electron chi connectivity index (χ2n) is 5.21. The number of para-hydroxylation sites is 1. The maximum absolute atomic E-state index is 12.4. The van der Waals surface area contributed by atoms with Crippen molar-refractivity contribution in [2.24, 2.45) is 0 Å². The first-order valence-electron chi connectivity index (χ1n) is 7.44. The van der Waals surface area contributed by atoms with Crippen molar-refractivity contribution in [3.8, 4) is 6.07 Å². The van der Waals surface area contributed by atoms with E-state index >= 15 is 0 Å². The normalized spacial score (nSPS) is 9.92. The molecule has 122 valence electrons. The van der Waals surface area contributed by atoms with Crippen molar-refractivity contribution >= 4 is 38.9 Å². The summed E-state index contributed by atoms with van der Waals surface area (Å²) in [5.41, 5.74) is 2.85. The minimum atomic E-state index is -0.326. The van der Waals surface area contributed by atoms with Gasteiger partial charge in [0.25, 0.3) is 5.91 Å². The molecule has 0 spiro atoms. The summed E-state index contributed by atoms with van der Waals surface area (Å²) in [6.07, 6.45) is 3.12. The van der Waals surface area contributed by atoms with E-state index in [0.29, 0.717) is 22.5 Å². The quantitative estimate of drug-likeness (QED) is 0.673. The number of hydrogen-bond acceptors (Lipinski definition) is 4. The number of halogens is 1. The highest BCUT2D eigenvalue weighted by atomic mass is 79.9. The van der Waals surface area contributed by atoms with Crippen LogP contribution >= 0.6 is 15.9 Å². The molecular formula is C19H13BrN4O. The van der Waals surface area contributed by atoms with E-state index in [0.717, 1.165) is 10.2 Å². The molecule has 1 amide bonds. The zero-order valence-electron chi connectivity index (χ0n) is 13.0. The fourth-order valence-corrected chi connectivity index (χ4v) is 2.65. The molecule has 0 aliphatic carbocycles. The second kappa shape index (κ2) is 7.60. The Morgan fingerprint density at radius 2 is 1.88 bits per heavy atom. The van der Waals surface area contributed by atoms with Gasteiger partial charge < -0.3 is 10.6 Å². The van der Waals surface area contributed by atoms with Crippen LogP contribution in [0.15, 0.2) is 71.5 Å². The SMILES string of the molecule is N#Cc1ccccc1NC(=O)c1cncc(Nc2cccc(Br)c2)c1. The molecule has 0 atom stereocenters. The van der Waals surface area contributed by atoms with Crippen molar-refractivity contribution in [3.05, 3.63) is 82.6 Å². The standard InChI is InChI=1S/C19H13BrN4O/c20-15-5-3-6-16(9-15)23-17-8-14(11-22-12-17)19(25)24-18-7-2-1-4-13(18)10-21/h1-9,11-12,23H,(H,24,25). The van der Waals surface area contributed by atoms with E-state index in [-0.39, 0.29) is 5.91 Å². The van der Waals surface area contributed by atoms with E-state index in [1.807, 2.05) is 24.3 Å². The number of carbonyl (C=O) groups excluding carboxylic acids is 1. The minimum absolute atomic E-state index is 0.326. The molecule has 0 radical (unpaired) electrons. The Morgan fingerprint density at radius 1 is 1.04 bits per heavy atom. The fourth-order valence-electron chi connectivity index (χ4n) is 2.25. The molecule has 0 saturated heterocycles. The summed E-state index contributed by atoms with van der Waals surface area (Å²) in [5.74, 6) is -0.326. The molecule has 25 heavy (non-hydrogen) atoms. The Labute approximate surface area is 153 Å². The number of hydrogen-bond donors (Lipinski definition) is 2. The van der Waals surface area contributed by atoms with Crippen molar-refractivity contribution in [1.82, 2.24) is 4.98 Å². The summed E-state index contributed by atoms with van der Waals surface area (Å²) >= 11 is 3.42. The molecule has 0 aliphatic heterocycles. The van der Waals surface area contributed by atoms with Crippen molar-refractivity contribution < 1.29 is 4.79 Å². The molecule has 0 fully saturated rings. The van der Waals surface area contributed by atoms with Crippen molar-refractivity contribution in [2.75, 3.05) is 10.6 Å². The van der Waals surface area contributed by atoms with Crippen molar-refractivity contribution in [1.29, 1.82) is 5.26 Å². The number of carbonyl (C=O) groups is 1. The first kappa shape index (κ1) is 16.7. The molecule has 2 N–H and O–H groups in total. The summed E-state index contributed by atoms with van der Waals surface area (Å²) in [7, 11) is 0. The summed E-state index contributed by atoms with van der Waals surface area (Å²) < 4.78 is 0.951. The van der Waals surface area contributed by atoms with Crippen LogP contribution in [0.4, 0.5) is 17.1 Å². The summed E-state index contributed by atoms with van der Waals surface area (Å²) in [6, 6.07) is 18.3. The molecule has 1 aromatic heterocycles. The van der Waals surface area contributed by atoms with Crippen LogP contribution < -0.4 is 10.6 Å². The van der Waals surface area contributed by atoms with E-state index in [4.69, 9.17) is 5.26 Å². The van der Waals surface area contributed by atoms with Crippen LogP contribution in [0.2, 0.25) is 0 Å². The summed E-state index contributed by atoms with van der Waals surface area (Å²) in [6.45, 7) is 0. The number of anilines is 3. The van der Waals surface area contributed by atoms with Gasteiger partial charge in [-0.3, -0.25) is 9.78 Å². The first-order valence-corrected chi connectivity index (χ1v) is 8.23. The molecule has 0 bridgehead atoms. The zero-order chi connectivity index (χ0) is 17.6. The van der Waals surface area contributed by atoms with Crippen molar-refractivity contribution in [3.63, 3.8) is 0 Å². The largest absolute Gasteiger partial charge is 0.354 e. The van der Waals surface area contributed by atoms with Gasteiger partial charge in [0.15, 0.2) is 0 Å². The summed E-state index contributed by atoms with van der Waals surface area (Å²) in [5, 5.41) is 15.0. The first-order chi connectivity index (χ1) is 12.2. The van der Waals surface area contributed by atoms with Gasteiger partial charge in [-0.1, -0.05) is 34.1 Å². The Bertz CT molecular complexity index is 965. The highest BCUT2D eigenvalue weighted by molar-refractivity contribution is 9.10. The lowest BCUT2D eigenvalue weighted by atomic mass is 10.2. The number of nitrogens with one attached hydrogen (secondary N) is 2. The number of aromatic nitrogens is 1. The van der Waals surface area contributed by atoms with Gasteiger partial charge in [-0.05, 0) is 36.4 Å². The lowest BCUT2D eigenvalue weighted by Crippen LogP contribution is -2.13. The van der Waals surface area contributed by atoms with Crippen LogP contribution in [0, 0.1) is 11.3 Å². The molecule has 0 unspecified atom stereocenters.